The third-order valence-corrected chi connectivity index (χ3v) is 4.40. The fraction of sp³-hybridized carbons (Fsp3) is 0.438. The Bertz CT molecular complexity index is 657. The standard InChI is InChI=1S/C16H22N4O2S/c1-12-5-3-6-13(11-12)22-9-4-10-23-16-19-18-15(20(16)2)8-7-14(17)21/h3,5-6,11H,4,7-10H2,1-2H3,(H2,17,21). The molecule has 0 aliphatic rings. The Morgan fingerprint density at radius 3 is 2.96 bits per heavy atom. The van der Waals surface area contributed by atoms with Crippen molar-refractivity contribution < 1.29 is 9.53 Å². The number of thioether (sulfide) groups is 1. The molecule has 2 rings (SSSR count). The van der Waals surface area contributed by atoms with Gasteiger partial charge in [-0.25, -0.2) is 0 Å². The average molecular weight is 334 g/mol. The lowest BCUT2D eigenvalue weighted by Crippen LogP contribution is -2.12. The number of rotatable bonds is 9. The van der Waals surface area contributed by atoms with Crippen LogP contribution in [0.15, 0.2) is 29.4 Å². The SMILES string of the molecule is Cc1cccc(OCCCSc2nnc(CCC(N)=O)n2C)c1. The summed E-state index contributed by atoms with van der Waals surface area (Å²) in [5.74, 6) is 2.26. The molecule has 0 unspecified atom stereocenters. The largest absolute Gasteiger partial charge is 0.494 e. The Labute approximate surface area is 140 Å². The fourth-order valence-corrected chi connectivity index (χ4v) is 2.88. The quantitative estimate of drug-likeness (QED) is 0.561. The molecule has 0 saturated carbocycles. The molecule has 6 nitrogen and oxygen atoms in total. The zero-order valence-corrected chi connectivity index (χ0v) is 14.3. The minimum Gasteiger partial charge on any atom is -0.494 e. The molecule has 0 aliphatic carbocycles. The van der Waals surface area contributed by atoms with Crippen LogP contribution in [0.3, 0.4) is 0 Å². The summed E-state index contributed by atoms with van der Waals surface area (Å²) in [6, 6.07) is 8.04. The van der Waals surface area contributed by atoms with Crippen molar-refractivity contribution in [2.75, 3.05) is 12.4 Å². The Balaban J connectivity index is 1.71. The first-order chi connectivity index (χ1) is 11.1. The first-order valence-corrected chi connectivity index (χ1v) is 8.53. The van der Waals surface area contributed by atoms with Crippen molar-refractivity contribution in [2.24, 2.45) is 12.8 Å². The third-order valence-electron chi connectivity index (χ3n) is 3.30. The van der Waals surface area contributed by atoms with E-state index in [4.69, 9.17) is 10.5 Å². The number of aromatic nitrogens is 3. The second kappa shape index (κ2) is 8.57. The second-order valence-electron chi connectivity index (χ2n) is 5.29. The van der Waals surface area contributed by atoms with E-state index in [1.54, 1.807) is 11.8 Å². The van der Waals surface area contributed by atoms with E-state index in [1.165, 1.54) is 5.56 Å². The lowest BCUT2D eigenvalue weighted by molar-refractivity contribution is -0.118. The summed E-state index contributed by atoms with van der Waals surface area (Å²) < 4.78 is 7.63. The molecule has 0 spiro atoms. The van der Waals surface area contributed by atoms with E-state index in [0.29, 0.717) is 19.4 Å². The van der Waals surface area contributed by atoms with Gasteiger partial charge < -0.3 is 15.0 Å². The van der Waals surface area contributed by atoms with E-state index in [-0.39, 0.29) is 5.91 Å². The highest BCUT2D eigenvalue weighted by molar-refractivity contribution is 7.99. The number of aryl methyl sites for hydroxylation is 2. The molecule has 0 atom stereocenters. The van der Waals surface area contributed by atoms with Crippen LogP contribution in [0.5, 0.6) is 5.75 Å². The Morgan fingerprint density at radius 2 is 2.22 bits per heavy atom. The Kier molecular flexibility index (Phi) is 6.46. The van der Waals surface area contributed by atoms with Crippen LogP contribution in [-0.4, -0.2) is 33.0 Å². The first kappa shape index (κ1) is 17.3. The number of hydrogen-bond acceptors (Lipinski definition) is 5. The van der Waals surface area contributed by atoms with E-state index in [1.807, 2.05) is 42.8 Å². The highest BCUT2D eigenvalue weighted by atomic mass is 32.2. The molecule has 2 aromatic rings. The van der Waals surface area contributed by atoms with Crippen LogP contribution >= 0.6 is 11.8 Å². The second-order valence-corrected chi connectivity index (χ2v) is 6.35. The lowest BCUT2D eigenvalue weighted by atomic mass is 10.2. The number of nitrogens with zero attached hydrogens (tertiary/aromatic N) is 3. The fourth-order valence-electron chi connectivity index (χ4n) is 2.04. The monoisotopic (exact) mass is 334 g/mol. The van der Waals surface area contributed by atoms with Crippen LogP contribution in [-0.2, 0) is 18.3 Å². The van der Waals surface area contributed by atoms with Gasteiger partial charge in [0, 0.05) is 25.6 Å². The Hall–Kier alpha value is -2.02. The molecule has 124 valence electrons. The minimum atomic E-state index is -0.324. The molecule has 2 N–H and O–H groups in total. The number of hydrogen-bond donors (Lipinski definition) is 1. The van der Waals surface area contributed by atoms with Crippen LogP contribution in [0.2, 0.25) is 0 Å². The minimum absolute atomic E-state index is 0.293. The molecule has 23 heavy (non-hydrogen) atoms. The maximum Gasteiger partial charge on any atom is 0.217 e. The van der Waals surface area contributed by atoms with Crippen molar-refractivity contribution in [3.8, 4) is 5.75 Å². The first-order valence-electron chi connectivity index (χ1n) is 7.55. The van der Waals surface area contributed by atoms with Gasteiger partial charge >= 0.3 is 0 Å². The molecule has 0 aliphatic heterocycles. The summed E-state index contributed by atoms with van der Waals surface area (Å²) in [4.78, 5) is 10.8. The zero-order chi connectivity index (χ0) is 16.7. The number of amides is 1. The number of primary amides is 1. The van der Waals surface area contributed by atoms with Crippen LogP contribution in [0, 0.1) is 6.92 Å². The summed E-state index contributed by atoms with van der Waals surface area (Å²) >= 11 is 1.63. The zero-order valence-electron chi connectivity index (χ0n) is 13.5. The van der Waals surface area contributed by atoms with Gasteiger partial charge in [-0.15, -0.1) is 10.2 Å². The van der Waals surface area contributed by atoms with Gasteiger partial charge in [0.1, 0.15) is 11.6 Å². The van der Waals surface area contributed by atoms with Crippen molar-refractivity contribution in [1.82, 2.24) is 14.8 Å². The smallest absolute Gasteiger partial charge is 0.217 e. The van der Waals surface area contributed by atoms with E-state index in [2.05, 4.69) is 10.2 Å². The van der Waals surface area contributed by atoms with E-state index >= 15 is 0 Å². The number of carbonyl (C=O) groups is 1. The van der Waals surface area contributed by atoms with Gasteiger partial charge in [-0.1, -0.05) is 23.9 Å². The molecule has 7 heteroatoms. The predicted octanol–water partition coefficient (Wildman–Crippen LogP) is 2.10. The molecule has 0 fully saturated rings. The summed E-state index contributed by atoms with van der Waals surface area (Å²) in [5, 5.41) is 9.09. The molecule has 1 aromatic carbocycles. The molecular weight excluding hydrogens is 312 g/mol. The Morgan fingerprint density at radius 1 is 1.39 bits per heavy atom. The molecule has 0 bridgehead atoms. The van der Waals surface area contributed by atoms with Crippen LogP contribution in [0.1, 0.15) is 24.2 Å². The number of benzene rings is 1. The lowest BCUT2D eigenvalue weighted by Gasteiger charge is -2.06. The highest BCUT2D eigenvalue weighted by Gasteiger charge is 2.09. The van der Waals surface area contributed by atoms with Crippen molar-refractivity contribution >= 4 is 17.7 Å². The van der Waals surface area contributed by atoms with Gasteiger partial charge in [0.05, 0.1) is 6.61 Å². The van der Waals surface area contributed by atoms with Crippen molar-refractivity contribution in [1.29, 1.82) is 0 Å². The number of carbonyl (C=O) groups excluding carboxylic acids is 1. The molecule has 0 radical (unpaired) electrons. The summed E-state index contributed by atoms with van der Waals surface area (Å²) in [5.41, 5.74) is 6.35. The molecule has 0 saturated heterocycles. The van der Waals surface area contributed by atoms with Crippen molar-refractivity contribution in [2.45, 2.75) is 31.3 Å². The number of ether oxygens (including phenoxy) is 1. The number of nitrogens with two attached hydrogens (primary N) is 1. The predicted molar refractivity (Wildman–Crippen MR) is 90.5 cm³/mol. The molecule has 1 amide bonds. The van der Waals surface area contributed by atoms with Crippen molar-refractivity contribution in [3.63, 3.8) is 0 Å². The normalized spacial score (nSPS) is 10.7. The van der Waals surface area contributed by atoms with Gasteiger partial charge in [-0.3, -0.25) is 4.79 Å². The highest BCUT2D eigenvalue weighted by Crippen LogP contribution is 2.18. The summed E-state index contributed by atoms with van der Waals surface area (Å²) in [6.45, 7) is 2.72. The molecular formula is C16H22N4O2S. The van der Waals surface area contributed by atoms with E-state index in [0.717, 1.165) is 28.9 Å². The maximum absolute atomic E-state index is 10.8. The van der Waals surface area contributed by atoms with Gasteiger partial charge in [-0.05, 0) is 31.0 Å². The van der Waals surface area contributed by atoms with Crippen LogP contribution in [0.25, 0.3) is 0 Å². The van der Waals surface area contributed by atoms with E-state index < -0.39 is 0 Å². The van der Waals surface area contributed by atoms with Gasteiger partial charge in [0.15, 0.2) is 5.16 Å². The topological polar surface area (TPSA) is 83.0 Å². The third kappa shape index (κ3) is 5.59. The molecule has 1 aromatic heterocycles. The van der Waals surface area contributed by atoms with Crippen molar-refractivity contribution in [3.05, 3.63) is 35.7 Å². The maximum atomic E-state index is 10.8. The van der Waals surface area contributed by atoms with Gasteiger partial charge in [0.2, 0.25) is 5.91 Å². The average Bonchev–Trinajstić information content (AvgIpc) is 2.85. The van der Waals surface area contributed by atoms with Crippen LogP contribution < -0.4 is 10.5 Å². The van der Waals surface area contributed by atoms with E-state index in [9.17, 15) is 4.79 Å². The van der Waals surface area contributed by atoms with Gasteiger partial charge in [-0.2, -0.15) is 0 Å². The summed E-state index contributed by atoms with van der Waals surface area (Å²) in [6.07, 6.45) is 1.74. The van der Waals surface area contributed by atoms with Crippen LogP contribution in [0.4, 0.5) is 0 Å². The summed E-state index contributed by atoms with van der Waals surface area (Å²) in [7, 11) is 1.90. The van der Waals surface area contributed by atoms with Gasteiger partial charge in [0.25, 0.3) is 0 Å². The molecule has 1 heterocycles.